The molecule has 0 aliphatic heterocycles. The number of aryl methyl sites for hydroxylation is 3. The SMILES string of the molecule is CCCCCCCCCCCCCCCC[n+]1ccn(CCCCCCOc2ccc(N=Nc3ccc(C)cc3)cc2)c1. The third-order valence-electron chi connectivity index (χ3n) is 8.25. The first-order valence-corrected chi connectivity index (χ1v) is 17.5. The van der Waals surface area contributed by atoms with Gasteiger partial charge in [-0.05, 0) is 81.8 Å². The Labute approximate surface area is 262 Å². The monoisotopic (exact) mass is 587 g/mol. The molecule has 0 saturated carbocycles. The first kappa shape index (κ1) is 34.5. The van der Waals surface area contributed by atoms with Crippen molar-refractivity contribution in [3.63, 3.8) is 0 Å². The molecule has 0 aliphatic carbocycles. The van der Waals surface area contributed by atoms with Crippen molar-refractivity contribution in [3.8, 4) is 5.75 Å². The highest BCUT2D eigenvalue weighted by Crippen LogP contribution is 2.22. The fraction of sp³-hybridized carbons (Fsp3) is 0.605. The number of aromatic nitrogens is 2. The van der Waals surface area contributed by atoms with Crippen molar-refractivity contribution in [1.29, 1.82) is 0 Å². The molecule has 1 aromatic heterocycles. The number of hydrogen-bond acceptors (Lipinski definition) is 3. The fourth-order valence-electron chi connectivity index (χ4n) is 5.47. The van der Waals surface area contributed by atoms with Gasteiger partial charge < -0.3 is 4.74 Å². The summed E-state index contributed by atoms with van der Waals surface area (Å²) in [5, 5.41) is 8.61. The summed E-state index contributed by atoms with van der Waals surface area (Å²) in [5.74, 6) is 0.894. The van der Waals surface area contributed by atoms with Crippen LogP contribution in [0.2, 0.25) is 0 Å². The summed E-state index contributed by atoms with van der Waals surface area (Å²) in [6.45, 7) is 7.37. The molecule has 1 heterocycles. The van der Waals surface area contributed by atoms with Crippen molar-refractivity contribution in [2.45, 2.75) is 143 Å². The number of nitrogens with zero attached hydrogens (tertiary/aromatic N) is 4. The molecule has 0 spiro atoms. The fourth-order valence-corrected chi connectivity index (χ4v) is 5.47. The average molecular weight is 588 g/mol. The van der Waals surface area contributed by atoms with Crippen LogP contribution in [0.5, 0.6) is 5.75 Å². The number of benzene rings is 2. The lowest BCUT2D eigenvalue weighted by molar-refractivity contribution is -0.696. The van der Waals surface area contributed by atoms with Gasteiger partial charge in [0.25, 0.3) is 0 Å². The normalized spacial score (nSPS) is 11.5. The van der Waals surface area contributed by atoms with Crippen LogP contribution >= 0.6 is 0 Å². The van der Waals surface area contributed by atoms with E-state index in [-0.39, 0.29) is 0 Å². The zero-order valence-corrected chi connectivity index (χ0v) is 27.4. The number of hydrogen-bond donors (Lipinski definition) is 0. The standard InChI is InChI=1S/C38H59N4O/c1-3-4-5-6-7-8-9-10-11-12-13-14-15-18-29-41-31-32-42(34-41)30-19-16-17-20-33-43-38-27-25-37(26-28-38)40-39-36-23-21-35(2)22-24-36/h21-28,31-32,34H,3-20,29-30,33H2,1-2H3/q+1. The molecule has 0 bridgehead atoms. The quantitative estimate of drug-likeness (QED) is 0.0552. The predicted octanol–water partition coefficient (Wildman–Crippen LogP) is 11.6. The highest BCUT2D eigenvalue weighted by molar-refractivity contribution is 5.43. The summed E-state index contributed by atoms with van der Waals surface area (Å²) >= 11 is 0. The van der Waals surface area contributed by atoms with Crippen molar-refractivity contribution in [1.82, 2.24) is 4.57 Å². The van der Waals surface area contributed by atoms with Gasteiger partial charge in [0, 0.05) is 0 Å². The molecular formula is C38H59N4O+. The van der Waals surface area contributed by atoms with Gasteiger partial charge in [0.2, 0.25) is 6.33 Å². The summed E-state index contributed by atoms with van der Waals surface area (Å²) in [7, 11) is 0. The molecule has 0 fully saturated rings. The summed E-state index contributed by atoms with van der Waals surface area (Å²) in [4.78, 5) is 0. The summed E-state index contributed by atoms with van der Waals surface area (Å²) in [5.41, 5.74) is 2.92. The largest absolute Gasteiger partial charge is 0.494 e. The maximum Gasteiger partial charge on any atom is 0.243 e. The Hall–Kier alpha value is -2.95. The second-order valence-electron chi connectivity index (χ2n) is 12.3. The van der Waals surface area contributed by atoms with Crippen LogP contribution in [0.1, 0.15) is 128 Å². The van der Waals surface area contributed by atoms with Crippen LogP contribution in [0, 0.1) is 6.92 Å². The molecule has 0 N–H and O–H groups in total. The van der Waals surface area contributed by atoms with E-state index in [1.54, 1.807) is 0 Å². The minimum absolute atomic E-state index is 0.757. The number of imidazole rings is 1. The van der Waals surface area contributed by atoms with E-state index in [1.165, 1.54) is 115 Å². The van der Waals surface area contributed by atoms with Gasteiger partial charge in [-0.3, -0.25) is 0 Å². The first-order chi connectivity index (χ1) is 21.2. The molecule has 5 nitrogen and oxygen atoms in total. The minimum Gasteiger partial charge on any atom is -0.494 e. The smallest absolute Gasteiger partial charge is 0.243 e. The zero-order chi connectivity index (χ0) is 30.2. The maximum absolute atomic E-state index is 5.93. The minimum atomic E-state index is 0.757. The van der Waals surface area contributed by atoms with E-state index < -0.39 is 0 Å². The molecule has 0 radical (unpaired) electrons. The Morgan fingerprint density at radius 3 is 1.72 bits per heavy atom. The Morgan fingerprint density at radius 1 is 0.605 bits per heavy atom. The molecule has 2 aromatic carbocycles. The molecule has 43 heavy (non-hydrogen) atoms. The molecule has 3 rings (SSSR count). The predicted molar refractivity (Wildman–Crippen MR) is 181 cm³/mol. The van der Waals surface area contributed by atoms with E-state index in [2.05, 4.69) is 51.9 Å². The maximum atomic E-state index is 5.93. The van der Waals surface area contributed by atoms with Gasteiger partial charge in [-0.15, -0.1) is 0 Å². The Kier molecular flexibility index (Phi) is 18.1. The van der Waals surface area contributed by atoms with Crippen LogP contribution in [0.3, 0.4) is 0 Å². The lowest BCUT2D eigenvalue weighted by atomic mass is 10.0. The van der Waals surface area contributed by atoms with Gasteiger partial charge in [-0.2, -0.15) is 10.2 Å². The van der Waals surface area contributed by atoms with Gasteiger partial charge in [-0.25, -0.2) is 9.13 Å². The lowest BCUT2D eigenvalue weighted by Crippen LogP contribution is -2.30. The van der Waals surface area contributed by atoms with Crippen molar-refractivity contribution >= 4 is 11.4 Å². The van der Waals surface area contributed by atoms with Gasteiger partial charge >= 0.3 is 0 Å². The zero-order valence-electron chi connectivity index (χ0n) is 27.4. The van der Waals surface area contributed by atoms with Crippen molar-refractivity contribution in [2.24, 2.45) is 10.2 Å². The van der Waals surface area contributed by atoms with E-state index in [1.807, 2.05) is 48.5 Å². The Bertz CT molecular complexity index is 1100. The second kappa shape index (κ2) is 22.6. The molecule has 0 atom stereocenters. The Morgan fingerprint density at radius 2 is 1.12 bits per heavy atom. The van der Waals surface area contributed by atoms with E-state index in [9.17, 15) is 0 Å². The van der Waals surface area contributed by atoms with E-state index in [0.29, 0.717) is 0 Å². The van der Waals surface area contributed by atoms with Gasteiger partial charge in [0.05, 0.1) is 31.1 Å². The number of azo groups is 1. The number of ether oxygens (including phenoxy) is 1. The third kappa shape index (κ3) is 16.5. The molecule has 236 valence electrons. The highest BCUT2D eigenvalue weighted by atomic mass is 16.5. The summed E-state index contributed by atoms with van der Waals surface area (Å²) in [6, 6.07) is 15.9. The molecule has 0 saturated heterocycles. The van der Waals surface area contributed by atoms with Crippen LogP contribution in [0.25, 0.3) is 0 Å². The van der Waals surface area contributed by atoms with Crippen LogP contribution < -0.4 is 9.30 Å². The van der Waals surface area contributed by atoms with Crippen molar-refractivity contribution < 1.29 is 9.30 Å². The first-order valence-electron chi connectivity index (χ1n) is 17.5. The second-order valence-corrected chi connectivity index (χ2v) is 12.3. The van der Waals surface area contributed by atoms with E-state index in [0.717, 1.165) is 43.2 Å². The molecule has 0 aliphatic rings. The van der Waals surface area contributed by atoms with Gasteiger partial charge in [0.1, 0.15) is 18.1 Å². The van der Waals surface area contributed by atoms with E-state index >= 15 is 0 Å². The van der Waals surface area contributed by atoms with Crippen LogP contribution in [0.15, 0.2) is 77.5 Å². The molecule has 5 heteroatoms. The van der Waals surface area contributed by atoms with Crippen molar-refractivity contribution in [2.75, 3.05) is 6.61 Å². The molecule has 3 aromatic rings. The number of unbranched alkanes of at least 4 members (excludes halogenated alkanes) is 16. The average Bonchev–Trinajstić information content (AvgIpc) is 3.48. The third-order valence-corrected chi connectivity index (χ3v) is 8.25. The number of rotatable bonds is 25. The van der Waals surface area contributed by atoms with Gasteiger partial charge in [-0.1, -0.05) is 102 Å². The van der Waals surface area contributed by atoms with Crippen LogP contribution in [-0.4, -0.2) is 11.2 Å². The van der Waals surface area contributed by atoms with Gasteiger partial charge in [0.15, 0.2) is 0 Å². The highest BCUT2D eigenvalue weighted by Gasteiger charge is 2.04. The Balaban J connectivity index is 1.11. The summed E-state index contributed by atoms with van der Waals surface area (Å²) in [6.07, 6.45) is 31.3. The van der Waals surface area contributed by atoms with Crippen LogP contribution in [0.4, 0.5) is 11.4 Å². The molecule has 0 unspecified atom stereocenters. The molecular weight excluding hydrogens is 528 g/mol. The lowest BCUT2D eigenvalue weighted by Gasteiger charge is -2.06. The topological polar surface area (TPSA) is 42.8 Å². The van der Waals surface area contributed by atoms with Crippen molar-refractivity contribution in [3.05, 3.63) is 72.8 Å². The molecule has 0 amide bonds. The van der Waals surface area contributed by atoms with E-state index in [4.69, 9.17) is 4.74 Å². The van der Waals surface area contributed by atoms with Crippen LogP contribution in [-0.2, 0) is 13.1 Å². The summed E-state index contributed by atoms with van der Waals surface area (Å²) < 4.78 is 10.6.